The number of hydrogen-bond acceptors (Lipinski definition) is 5. The number of nitrogens with two attached hydrogens (primary N) is 1. The molecule has 0 fully saturated rings. The Morgan fingerprint density at radius 1 is 1.04 bits per heavy atom. The summed E-state index contributed by atoms with van der Waals surface area (Å²) in [5.41, 5.74) is 6.24. The number of hydrogen-bond donors (Lipinski definition) is 2. The largest absolute Gasteiger partial charge is 0.496 e. The van der Waals surface area contributed by atoms with Gasteiger partial charge in [0.2, 0.25) is 5.91 Å². The molecule has 0 unspecified atom stereocenters. The van der Waals surface area contributed by atoms with E-state index in [1.165, 1.54) is 43.5 Å². The second-order valence-electron chi connectivity index (χ2n) is 5.01. The highest BCUT2D eigenvalue weighted by atomic mass is 32.2. The van der Waals surface area contributed by atoms with E-state index in [1.54, 1.807) is 13.0 Å². The number of sulfonamides is 1. The minimum absolute atomic E-state index is 0.148. The third-order valence-electron chi connectivity index (χ3n) is 3.35. The van der Waals surface area contributed by atoms with Crippen molar-refractivity contribution in [3.63, 3.8) is 0 Å². The number of primary amides is 1. The van der Waals surface area contributed by atoms with Gasteiger partial charge in [0, 0.05) is 11.1 Å². The van der Waals surface area contributed by atoms with Crippen LogP contribution >= 0.6 is 0 Å². The van der Waals surface area contributed by atoms with Gasteiger partial charge in [-0.15, -0.1) is 0 Å². The van der Waals surface area contributed by atoms with Gasteiger partial charge in [0.05, 0.1) is 12.0 Å². The first-order chi connectivity index (χ1) is 11.2. The molecule has 0 bridgehead atoms. The lowest BCUT2D eigenvalue weighted by molar-refractivity contribution is 0.0977. The van der Waals surface area contributed by atoms with Crippen molar-refractivity contribution in [2.45, 2.75) is 11.8 Å². The molecule has 2 amide bonds. The topological polar surface area (TPSA) is 116 Å². The van der Waals surface area contributed by atoms with Crippen molar-refractivity contribution in [3.8, 4) is 5.75 Å². The lowest BCUT2D eigenvalue weighted by atomic mass is 10.1. The normalized spacial score (nSPS) is 10.9. The van der Waals surface area contributed by atoms with Crippen LogP contribution in [0.4, 0.5) is 0 Å². The number of carbonyl (C=O) groups is 2. The molecule has 126 valence electrons. The molecule has 0 atom stereocenters. The standard InChI is InChI=1S/C16H16N2O5S/c1-10-3-4-12(9-14(10)23-2)16(20)18-24(21,22)13-7-5-11(6-8-13)15(17)19/h3-9H,1-2H3,(H2,17,19)(H,18,20). The van der Waals surface area contributed by atoms with Gasteiger partial charge in [-0.2, -0.15) is 0 Å². The summed E-state index contributed by atoms with van der Waals surface area (Å²) in [6.45, 7) is 1.80. The summed E-state index contributed by atoms with van der Waals surface area (Å²) in [7, 11) is -2.61. The summed E-state index contributed by atoms with van der Waals surface area (Å²) in [5, 5.41) is 0. The van der Waals surface area contributed by atoms with E-state index in [0.29, 0.717) is 5.75 Å². The maximum absolute atomic E-state index is 12.2. The van der Waals surface area contributed by atoms with E-state index in [9.17, 15) is 18.0 Å². The Kier molecular flexibility index (Phi) is 4.89. The molecule has 0 saturated carbocycles. The highest BCUT2D eigenvalue weighted by molar-refractivity contribution is 7.90. The molecule has 0 aliphatic carbocycles. The quantitative estimate of drug-likeness (QED) is 0.843. The minimum Gasteiger partial charge on any atom is -0.496 e. The van der Waals surface area contributed by atoms with Crippen LogP contribution in [0.25, 0.3) is 0 Å². The Morgan fingerprint density at radius 3 is 2.17 bits per heavy atom. The lowest BCUT2D eigenvalue weighted by Crippen LogP contribution is -2.30. The molecule has 0 saturated heterocycles. The molecular weight excluding hydrogens is 332 g/mol. The fourth-order valence-corrected chi connectivity index (χ4v) is 2.97. The van der Waals surface area contributed by atoms with E-state index in [2.05, 4.69) is 0 Å². The van der Waals surface area contributed by atoms with Crippen LogP contribution < -0.4 is 15.2 Å². The number of benzene rings is 2. The number of methoxy groups -OCH3 is 1. The van der Waals surface area contributed by atoms with Gasteiger partial charge in [-0.05, 0) is 48.9 Å². The summed E-state index contributed by atoms with van der Waals surface area (Å²) < 4.78 is 31.6. The number of rotatable bonds is 5. The fraction of sp³-hybridized carbons (Fsp3) is 0.125. The summed E-state index contributed by atoms with van der Waals surface area (Å²) in [6.07, 6.45) is 0. The summed E-state index contributed by atoms with van der Waals surface area (Å²) in [6, 6.07) is 9.56. The van der Waals surface area contributed by atoms with E-state index in [-0.39, 0.29) is 16.0 Å². The highest BCUT2D eigenvalue weighted by Gasteiger charge is 2.19. The van der Waals surface area contributed by atoms with Crippen molar-refractivity contribution in [2.75, 3.05) is 7.11 Å². The van der Waals surface area contributed by atoms with Gasteiger partial charge >= 0.3 is 0 Å². The van der Waals surface area contributed by atoms with Crippen LogP contribution in [0.15, 0.2) is 47.4 Å². The molecule has 7 nitrogen and oxygen atoms in total. The number of nitrogens with one attached hydrogen (secondary N) is 1. The van der Waals surface area contributed by atoms with Gasteiger partial charge in [-0.25, -0.2) is 13.1 Å². The van der Waals surface area contributed by atoms with Crippen LogP contribution in [0.5, 0.6) is 5.75 Å². The zero-order valence-corrected chi connectivity index (χ0v) is 13.9. The Labute approximate surface area is 139 Å². The minimum atomic E-state index is -4.07. The van der Waals surface area contributed by atoms with Crippen LogP contribution in [0.1, 0.15) is 26.3 Å². The van der Waals surface area contributed by atoms with Gasteiger partial charge in [-0.1, -0.05) is 6.07 Å². The second-order valence-corrected chi connectivity index (χ2v) is 6.69. The van der Waals surface area contributed by atoms with Gasteiger partial charge in [0.25, 0.3) is 15.9 Å². The van der Waals surface area contributed by atoms with Crippen molar-refractivity contribution >= 4 is 21.8 Å². The van der Waals surface area contributed by atoms with E-state index in [1.807, 2.05) is 4.72 Å². The van der Waals surface area contributed by atoms with Gasteiger partial charge in [0.1, 0.15) is 5.75 Å². The SMILES string of the molecule is COc1cc(C(=O)NS(=O)(=O)c2ccc(C(N)=O)cc2)ccc1C. The number of aryl methyl sites for hydroxylation is 1. The average molecular weight is 348 g/mol. The third kappa shape index (κ3) is 3.72. The summed E-state index contributed by atoms with van der Waals surface area (Å²) in [5.74, 6) is -0.979. The monoisotopic (exact) mass is 348 g/mol. The molecule has 2 aromatic rings. The molecule has 3 N–H and O–H groups in total. The number of amides is 2. The predicted octanol–water partition coefficient (Wildman–Crippen LogP) is 1.22. The van der Waals surface area contributed by atoms with Crippen LogP contribution in [0.3, 0.4) is 0 Å². The molecule has 0 aromatic heterocycles. The van der Waals surface area contributed by atoms with Crippen LogP contribution in [0, 0.1) is 6.92 Å². The third-order valence-corrected chi connectivity index (χ3v) is 4.69. The summed E-state index contributed by atoms with van der Waals surface area (Å²) >= 11 is 0. The first-order valence-corrected chi connectivity index (χ1v) is 8.34. The molecule has 0 heterocycles. The highest BCUT2D eigenvalue weighted by Crippen LogP contribution is 2.19. The number of carbonyl (C=O) groups excluding carboxylic acids is 2. The Morgan fingerprint density at radius 2 is 1.62 bits per heavy atom. The zero-order chi connectivity index (χ0) is 17.9. The fourth-order valence-electron chi connectivity index (χ4n) is 2.00. The number of ether oxygens (including phenoxy) is 1. The molecule has 0 radical (unpaired) electrons. The van der Waals surface area contributed by atoms with Crippen molar-refractivity contribution in [1.29, 1.82) is 0 Å². The molecule has 24 heavy (non-hydrogen) atoms. The Balaban J connectivity index is 2.25. The zero-order valence-electron chi connectivity index (χ0n) is 13.1. The van der Waals surface area contributed by atoms with Crippen molar-refractivity contribution in [2.24, 2.45) is 5.73 Å². The van der Waals surface area contributed by atoms with Crippen LogP contribution in [-0.2, 0) is 10.0 Å². The first kappa shape index (κ1) is 17.5. The summed E-state index contributed by atoms with van der Waals surface area (Å²) in [4.78, 5) is 23.0. The predicted molar refractivity (Wildman–Crippen MR) is 87.3 cm³/mol. The van der Waals surface area contributed by atoms with Crippen LogP contribution in [0.2, 0.25) is 0 Å². The molecular formula is C16H16N2O5S. The molecule has 0 aliphatic heterocycles. The van der Waals surface area contributed by atoms with Crippen molar-refractivity contribution in [1.82, 2.24) is 4.72 Å². The van der Waals surface area contributed by atoms with E-state index in [0.717, 1.165) is 5.56 Å². The van der Waals surface area contributed by atoms with Crippen LogP contribution in [-0.4, -0.2) is 27.3 Å². The maximum Gasteiger partial charge on any atom is 0.265 e. The van der Waals surface area contributed by atoms with E-state index < -0.39 is 21.8 Å². The van der Waals surface area contributed by atoms with E-state index in [4.69, 9.17) is 10.5 Å². The van der Waals surface area contributed by atoms with Gasteiger partial charge in [-0.3, -0.25) is 9.59 Å². The van der Waals surface area contributed by atoms with Crippen molar-refractivity contribution in [3.05, 3.63) is 59.2 Å². The molecule has 0 aliphatic rings. The Bertz CT molecular complexity index is 889. The molecule has 8 heteroatoms. The van der Waals surface area contributed by atoms with Gasteiger partial charge in [0.15, 0.2) is 0 Å². The molecule has 0 spiro atoms. The van der Waals surface area contributed by atoms with Crippen molar-refractivity contribution < 1.29 is 22.7 Å². The average Bonchev–Trinajstić information content (AvgIpc) is 2.54. The first-order valence-electron chi connectivity index (χ1n) is 6.86. The maximum atomic E-state index is 12.2. The molecule has 2 rings (SSSR count). The molecule has 2 aromatic carbocycles. The van der Waals surface area contributed by atoms with Gasteiger partial charge < -0.3 is 10.5 Å². The lowest BCUT2D eigenvalue weighted by Gasteiger charge is -2.09. The second kappa shape index (κ2) is 6.71. The Hall–Kier alpha value is -2.87. The van der Waals surface area contributed by atoms with E-state index >= 15 is 0 Å². The smallest absolute Gasteiger partial charge is 0.265 e.